The van der Waals surface area contributed by atoms with E-state index in [9.17, 15) is 31.2 Å². The molecular formula is C21H22F3N3O4S. The van der Waals surface area contributed by atoms with Crippen LogP contribution in [0.4, 0.5) is 18.9 Å². The Kier molecular flexibility index (Phi) is 7.01. The van der Waals surface area contributed by atoms with Crippen molar-refractivity contribution in [3.05, 3.63) is 59.7 Å². The fraction of sp³-hybridized carbons (Fsp3) is 0.333. The molecule has 3 rings (SSSR count). The number of Topliss-reactive ketones (excluding diaryl/α,β-unsaturated/α-hetero) is 1. The first kappa shape index (κ1) is 23.9. The summed E-state index contributed by atoms with van der Waals surface area (Å²) in [5, 5.41) is 2.70. The molecule has 0 saturated carbocycles. The van der Waals surface area contributed by atoms with Gasteiger partial charge in [-0.05, 0) is 43.3 Å². The number of nitrogens with one attached hydrogen (secondary N) is 1. The molecule has 2 aromatic carbocycles. The zero-order chi connectivity index (χ0) is 23.5. The Bertz CT molecular complexity index is 1090. The third kappa shape index (κ3) is 5.53. The van der Waals surface area contributed by atoms with Gasteiger partial charge in [-0.3, -0.25) is 14.5 Å². The number of sulfonamides is 1. The minimum Gasteiger partial charge on any atom is -0.325 e. The number of alkyl halides is 3. The highest BCUT2D eigenvalue weighted by molar-refractivity contribution is 7.89. The zero-order valence-corrected chi connectivity index (χ0v) is 18.0. The summed E-state index contributed by atoms with van der Waals surface area (Å²) in [6.45, 7) is 1.77. The van der Waals surface area contributed by atoms with Crippen molar-refractivity contribution in [2.24, 2.45) is 0 Å². The van der Waals surface area contributed by atoms with Gasteiger partial charge in [0.05, 0.1) is 17.0 Å². The first-order valence-electron chi connectivity index (χ1n) is 9.78. The minimum atomic E-state index is -4.79. The average Bonchev–Trinajstić information content (AvgIpc) is 2.74. The summed E-state index contributed by atoms with van der Waals surface area (Å²) in [5.41, 5.74) is -0.157. The van der Waals surface area contributed by atoms with E-state index in [1.54, 1.807) is 29.2 Å². The molecule has 0 bridgehead atoms. The van der Waals surface area contributed by atoms with Crippen LogP contribution in [0.15, 0.2) is 53.4 Å². The molecule has 0 aromatic heterocycles. The van der Waals surface area contributed by atoms with Crippen LogP contribution in [-0.4, -0.2) is 62.0 Å². The van der Waals surface area contributed by atoms with Crippen molar-refractivity contribution in [2.75, 3.05) is 38.0 Å². The number of carbonyl (C=O) groups is 2. The van der Waals surface area contributed by atoms with Gasteiger partial charge in [0.25, 0.3) is 0 Å². The van der Waals surface area contributed by atoms with Crippen LogP contribution >= 0.6 is 0 Å². The van der Waals surface area contributed by atoms with E-state index in [1.165, 1.54) is 13.0 Å². The Hall–Kier alpha value is -2.76. The summed E-state index contributed by atoms with van der Waals surface area (Å²) in [6, 6.07) is 10.5. The van der Waals surface area contributed by atoms with E-state index in [-0.39, 0.29) is 44.4 Å². The Balaban J connectivity index is 1.59. The number of carbonyl (C=O) groups excluding carboxylic acids is 2. The lowest BCUT2D eigenvalue weighted by Gasteiger charge is -2.34. The predicted molar refractivity (Wildman–Crippen MR) is 112 cm³/mol. The molecule has 1 aliphatic heterocycles. The van der Waals surface area contributed by atoms with Crippen molar-refractivity contribution in [1.29, 1.82) is 0 Å². The zero-order valence-electron chi connectivity index (χ0n) is 17.2. The summed E-state index contributed by atoms with van der Waals surface area (Å²) in [6.07, 6.45) is -4.79. The van der Waals surface area contributed by atoms with Crippen molar-refractivity contribution in [1.82, 2.24) is 9.21 Å². The second-order valence-corrected chi connectivity index (χ2v) is 9.26. The van der Waals surface area contributed by atoms with E-state index in [1.807, 2.05) is 0 Å². The Labute approximate surface area is 183 Å². The number of benzene rings is 2. The van der Waals surface area contributed by atoms with E-state index >= 15 is 0 Å². The number of nitrogens with zero attached hydrogens (tertiary/aromatic N) is 2. The summed E-state index contributed by atoms with van der Waals surface area (Å²) in [7, 11) is -4.33. The Morgan fingerprint density at radius 1 is 0.969 bits per heavy atom. The number of anilines is 1. The molecule has 2 aromatic rings. The molecule has 1 saturated heterocycles. The number of piperazine rings is 1. The fourth-order valence-electron chi connectivity index (χ4n) is 3.38. The van der Waals surface area contributed by atoms with Crippen LogP contribution in [-0.2, 0) is 21.0 Å². The molecule has 172 valence electrons. The Morgan fingerprint density at radius 2 is 1.56 bits per heavy atom. The van der Waals surface area contributed by atoms with E-state index in [0.717, 1.165) is 22.5 Å². The van der Waals surface area contributed by atoms with Crippen LogP contribution in [0, 0.1) is 0 Å². The number of rotatable bonds is 6. The van der Waals surface area contributed by atoms with Gasteiger partial charge in [-0.1, -0.05) is 12.1 Å². The van der Waals surface area contributed by atoms with Gasteiger partial charge >= 0.3 is 6.18 Å². The Morgan fingerprint density at radius 3 is 2.12 bits per heavy atom. The molecule has 0 spiro atoms. The summed E-state index contributed by atoms with van der Waals surface area (Å²) >= 11 is 0. The maximum atomic E-state index is 13.2. The first-order valence-corrected chi connectivity index (χ1v) is 11.2. The van der Waals surface area contributed by atoms with Gasteiger partial charge in [-0.25, -0.2) is 8.42 Å². The quantitative estimate of drug-likeness (QED) is 0.658. The van der Waals surface area contributed by atoms with Crippen molar-refractivity contribution < 1.29 is 31.2 Å². The van der Waals surface area contributed by atoms with E-state index in [0.29, 0.717) is 11.3 Å². The lowest BCUT2D eigenvalue weighted by molar-refractivity contribution is -0.140. The fourth-order valence-corrected chi connectivity index (χ4v) is 5.02. The van der Waals surface area contributed by atoms with Gasteiger partial charge in [0.1, 0.15) is 0 Å². The third-order valence-electron chi connectivity index (χ3n) is 5.08. The van der Waals surface area contributed by atoms with E-state index in [4.69, 9.17) is 0 Å². The maximum absolute atomic E-state index is 13.2. The summed E-state index contributed by atoms with van der Waals surface area (Å²) in [5.74, 6) is -0.409. The van der Waals surface area contributed by atoms with Crippen molar-refractivity contribution in [3.63, 3.8) is 0 Å². The second-order valence-electron chi connectivity index (χ2n) is 7.36. The SMILES string of the molecule is CC(=O)c1ccc(NC(=O)CN2CCN(S(=O)(=O)c3ccccc3C(F)(F)F)CC2)cc1. The van der Waals surface area contributed by atoms with Crippen LogP contribution in [0.5, 0.6) is 0 Å². The van der Waals surface area contributed by atoms with E-state index < -0.39 is 26.7 Å². The number of ketones is 1. The lowest BCUT2D eigenvalue weighted by atomic mass is 10.1. The van der Waals surface area contributed by atoms with Crippen LogP contribution in [0.3, 0.4) is 0 Å². The molecule has 0 aliphatic carbocycles. The van der Waals surface area contributed by atoms with Gasteiger partial charge in [-0.15, -0.1) is 0 Å². The number of hydrogen-bond donors (Lipinski definition) is 1. The van der Waals surface area contributed by atoms with Crippen LogP contribution in [0.2, 0.25) is 0 Å². The molecule has 1 aliphatic rings. The number of halogens is 3. The smallest absolute Gasteiger partial charge is 0.325 e. The highest BCUT2D eigenvalue weighted by Crippen LogP contribution is 2.35. The molecule has 1 amide bonds. The minimum absolute atomic E-state index is 0.00147. The van der Waals surface area contributed by atoms with Crippen molar-refractivity contribution >= 4 is 27.4 Å². The normalized spacial score (nSPS) is 16.0. The topological polar surface area (TPSA) is 86.8 Å². The van der Waals surface area contributed by atoms with Crippen LogP contribution in [0.25, 0.3) is 0 Å². The van der Waals surface area contributed by atoms with Crippen LogP contribution in [0.1, 0.15) is 22.8 Å². The maximum Gasteiger partial charge on any atom is 0.417 e. The second kappa shape index (κ2) is 9.39. The molecule has 0 radical (unpaired) electrons. The molecule has 0 atom stereocenters. The van der Waals surface area contributed by atoms with Crippen molar-refractivity contribution in [3.8, 4) is 0 Å². The predicted octanol–water partition coefficient (Wildman–Crippen LogP) is 2.85. The summed E-state index contributed by atoms with van der Waals surface area (Å²) < 4.78 is 66.3. The van der Waals surface area contributed by atoms with Gasteiger partial charge in [0.2, 0.25) is 15.9 Å². The molecule has 1 heterocycles. The highest BCUT2D eigenvalue weighted by Gasteiger charge is 2.39. The van der Waals surface area contributed by atoms with Gasteiger partial charge in [-0.2, -0.15) is 17.5 Å². The van der Waals surface area contributed by atoms with Gasteiger partial charge < -0.3 is 5.32 Å². The lowest BCUT2D eigenvalue weighted by Crippen LogP contribution is -2.50. The summed E-state index contributed by atoms with van der Waals surface area (Å²) in [4.78, 5) is 24.5. The molecule has 1 fully saturated rings. The average molecular weight is 469 g/mol. The van der Waals surface area contributed by atoms with Gasteiger partial charge in [0.15, 0.2) is 5.78 Å². The largest absolute Gasteiger partial charge is 0.417 e. The van der Waals surface area contributed by atoms with Crippen LogP contribution < -0.4 is 5.32 Å². The molecule has 0 unspecified atom stereocenters. The molecule has 11 heteroatoms. The first-order chi connectivity index (χ1) is 15.0. The molecule has 1 N–H and O–H groups in total. The number of amides is 1. The standard InChI is InChI=1S/C21H22F3N3O4S/c1-15(28)16-6-8-17(9-7-16)25-20(29)14-26-10-12-27(13-11-26)32(30,31)19-5-3-2-4-18(19)21(22,23)24/h2-9H,10-14H2,1H3,(H,25,29). The molecule has 32 heavy (non-hydrogen) atoms. The molecule has 7 nitrogen and oxygen atoms in total. The van der Waals surface area contributed by atoms with Crippen molar-refractivity contribution in [2.45, 2.75) is 18.0 Å². The number of hydrogen-bond acceptors (Lipinski definition) is 5. The third-order valence-corrected chi connectivity index (χ3v) is 7.04. The van der Waals surface area contributed by atoms with E-state index in [2.05, 4.69) is 5.32 Å². The highest BCUT2D eigenvalue weighted by atomic mass is 32.2. The monoisotopic (exact) mass is 469 g/mol. The molecular weight excluding hydrogens is 447 g/mol. The van der Waals surface area contributed by atoms with Gasteiger partial charge in [0, 0.05) is 37.4 Å².